The van der Waals surface area contributed by atoms with Crippen LogP contribution >= 0.6 is 0 Å². The van der Waals surface area contributed by atoms with Crippen LogP contribution in [0.5, 0.6) is 0 Å². The van der Waals surface area contributed by atoms with E-state index in [-0.39, 0.29) is 42.7 Å². The molecule has 0 aliphatic carbocycles. The van der Waals surface area contributed by atoms with Gasteiger partial charge in [0.05, 0.1) is 40.3 Å². The van der Waals surface area contributed by atoms with E-state index in [9.17, 15) is 19.5 Å². The monoisotopic (exact) mass is 611 g/mol. The van der Waals surface area contributed by atoms with Crippen molar-refractivity contribution in [2.45, 2.75) is 154 Å². The molecule has 2 atom stereocenters. The molecule has 2 unspecified atom stereocenters. The second-order valence-electron chi connectivity index (χ2n) is 12.8. The lowest BCUT2D eigenvalue weighted by Gasteiger charge is -2.34. The summed E-state index contributed by atoms with van der Waals surface area (Å²) < 4.78 is 17.0. The number of unbranched alkanes of at least 4 members (excludes halogenated alkanes) is 14. The number of carbonyl (C=O) groups excluding carboxylic acids is 3. The first kappa shape index (κ1) is 41.1. The first-order valence-electron chi connectivity index (χ1n) is 17.2. The van der Waals surface area contributed by atoms with E-state index in [2.05, 4.69) is 26.0 Å². The Kier molecular flexibility index (Phi) is 26.4. The number of carbonyl (C=O) groups is 3. The Balaban J connectivity index is 4.49. The smallest absolute Gasteiger partial charge is 0.306 e. The van der Waals surface area contributed by atoms with Crippen LogP contribution in [0.4, 0.5) is 0 Å². The molecule has 0 spiro atoms. The lowest BCUT2D eigenvalue weighted by molar-refractivity contribution is -0.889. The molecule has 0 saturated carbocycles. The molecule has 43 heavy (non-hydrogen) atoms. The normalized spacial score (nSPS) is 13.2. The van der Waals surface area contributed by atoms with Crippen LogP contribution in [0.1, 0.15) is 142 Å². The molecule has 8 nitrogen and oxygen atoms in total. The highest BCUT2D eigenvalue weighted by atomic mass is 16.6. The van der Waals surface area contributed by atoms with Crippen LogP contribution in [0, 0.1) is 0 Å². The lowest BCUT2D eigenvalue weighted by Crippen LogP contribution is -2.55. The average Bonchev–Trinajstić information content (AvgIpc) is 2.94. The highest BCUT2D eigenvalue weighted by Gasteiger charge is 2.25. The Labute approximate surface area is 263 Å². The van der Waals surface area contributed by atoms with Crippen molar-refractivity contribution in [1.82, 2.24) is 0 Å². The Hall–Kier alpha value is -1.93. The summed E-state index contributed by atoms with van der Waals surface area (Å²) in [4.78, 5) is 36.4. The second kappa shape index (κ2) is 27.6. The Morgan fingerprint density at radius 2 is 1.19 bits per heavy atom. The predicted octanol–water partition coefficient (Wildman–Crippen LogP) is 6.68. The zero-order valence-electron chi connectivity index (χ0n) is 28.4. The standard InChI is InChI=1S/C35H65NO7/c1-6-8-10-12-14-16-17-18-20-22-24-26-34(38)43-31(29-41-28-27-32(35(39)40)36(3,4)5)30-42-33(37)25-23-21-19-15-13-11-9-7-2/h12,14,31-32H,6-11,13,15-30H2,1-5H3/b14-12-. The molecular weight excluding hydrogens is 546 g/mol. The molecular formula is C35H65NO7. The van der Waals surface area contributed by atoms with Gasteiger partial charge in [0.25, 0.3) is 0 Å². The number of esters is 2. The summed E-state index contributed by atoms with van der Waals surface area (Å²) in [5.74, 6) is -1.75. The maximum absolute atomic E-state index is 12.5. The molecule has 0 aliphatic heterocycles. The number of rotatable bonds is 30. The van der Waals surface area contributed by atoms with E-state index >= 15 is 0 Å². The van der Waals surface area contributed by atoms with Gasteiger partial charge >= 0.3 is 11.9 Å². The van der Waals surface area contributed by atoms with Crippen LogP contribution in [0.25, 0.3) is 0 Å². The number of ether oxygens (including phenoxy) is 3. The molecule has 0 saturated heterocycles. The van der Waals surface area contributed by atoms with Crippen molar-refractivity contribution in [1.29, 1.82) is 0 Å². The van der Waals surface area contributed by atoms with E-state index in [1.54, 1.807) is 21.1 Å². The van der Waals surface area contributed by atoms with Gasteiger partial charge in [-0.3, -0.25) is 9.59 Å². The minimum Gasteiger partial charge on any atom is -0.544 e. The van der Waals surface area contributed by atoms with Crippen molar-refractivity contribution in [2.75, 3.05) is 41.0 Å². The summed E-state index contributed by atoms with van der Waals surface area (Å²) in [6.07, 6.45) is 23.8. The van der Waals surface area contributed by atoms with Crippen molar-refractivity contribution in [2.24, 2.45) is 0 Å². The SMILES string of the molecule is CCCC/C=C\CCCCCCCC(=O)OC(COCCC(C(=O)[O-])[N+](C)(C)C)COC(=O)CCCCCCCCCC. The molecule has 0 N–H and O–H groups in total. The Morgan fingerprint density at radius 1 is 0.674 bits per heavy atom. The summed E-state index contributed by atoms with van der Waals surface area (Å²) in [6, 6.07) is -0.720. The molecule has 0 aliphatic rings. The van der Waals surface area contributed by atoms with Gasteiger partial charge in [-0.15, -0.1) is 0 Å². The van der Waals surface area contributed by atoms with Crippen LogP contribution in [-0.4, -0.2) is 75.5 Å². The van der Waals surface area contributed by atoms with Gasteiger partial charge in [0, 0.05) is 19.3 Å². The molecule has 0 heterocycles. The van der Waals surface area contributed by atoms with Gasteiger partial charge < -0.3 is 28.6 Å². The van der Waals surface area contributed by atoms with E-state index in [4.69, 9.17) is 14.2 Å². The fourth-order valence-corrected chi connectivity index (χ4v) is 4.87. The van der Waals surface area contributed by atoms with Gasteiger partial charge in [-0.25, -0.2) is 0 Å². The zero-order chi connectivity index (χ0) is 32.2. The number of likely N-dealkylation sites (N-methyl/N-ethyl adjacent to an activating group) is 1. The van der Waals surface area contributed by atoms with Gasteiger partial charge in [0.1, 0.15) is 12.6 Å². The molecule has 0 bridgehead atoms. The largest absolute Gasteiger partial charge is 0.544 e. The number of carboxylic acid groups (broad SMARTS) is 1. The summed E-state index contributed by atoms with van der Waals surface area (Å²) in [6.45, 7) is 4.56. The maximum atomic E-state index is 12.5. The van der Waals surface area contributed by atoms with Crippen molar-refractivity contribution in [3.8, 4) is 0 Å². The van der Waals surface area contributed by atoms with Crippen molar-refractivity contribution >= 4 is 17.9 Å². The fourth-order valence-electron chi connectivity index (χ4n) is 4.87. The molecule has 0 radical (unpaired) electrons. The second-order valence-corrected chi connectivity index (χ2v) is 12.8. The Morgan fingerprint density at radius 3 is 1.74 bits per heavy atom. The zero-order valence-corrected chi connectivity index (χ0v) is 28.4. The van der Waals surface area contributed by atoms with Gasteiger partial charge in [-0.2, -0.15) is 0 Å². The van der Waals surface area contributed by atoms with E-state index in [1.165, 1.54) is 57.8 Å². The number of quaternary nitrogens is 1. The van der Waals surface area contributed by atoms with Crippen LogP contribution in [0.2, 0.25) is 0 Å². The number of aliphatic carboxylic acids is 1. The number of hydrogen-bond donors (Lipinski definition) is 0. The maximum Gasteiger partial charge on any atom is 0.306 e. The molecule has 0 fully saturated rings. The molecule has 0 aromatic rings. The molecule has 0 amide bonds. The Bertz CT molecular complexity index is 732. The van der Waals surface area contributed by atoms with Crippen LogP contribution in [-0.2, 0) is 28.6 Å². The van der Waals surface area contributed by atoms with E-state index in [0.717, 1.165) is 51.4 Å². The number of allylic oxidation sites excluding steroid dienone is 2. The molecule has 0 aromatic heterocycles. The molecule has 8 heteroatoms. The quantitative estimate of drug-likeness (QED) is 0.0386. The minimum absolute atomic E-state index is 0.0411. The third kappa shape index (κ3) is 26.2. The van der Waals surface area contributed by atoms with E-state index in [0.29, 0.717) is 12.8 Å². The van der Waals surface area contributed by atoms with E-state index < -0.39 is 18.1 Å². The van der Waals surface area contributed by atoms with Crippen molar-refractivity contribution in [3.63, 3.8) is 0 Å². The molecule has 0 rings (SSSR count). The molecule has 0 aromatic carbocycles. The fraction of sp³-hybridized carbons (Fsp3) is 0.857. The van der Waals surface area contributed by atoms with Gasteiger partial charge in [0.15, 0.2) is 6.10 Å². The number of carboxylic acids is 1. The number of nitrogens with zero attached hydrogens (tertiary/aromatic N) is 1. The number of hydrogen-bond acceptors (Lipinski definition) is 7. The first-order valence-corrected chi connectivity index (χ1v) is 17.2. The highest BCUT2D eigenvalue weighted by molar-refractivity contribution is 5.70. The van der Waals surface area contributed by atoms with Gasteiger partial charge in [0.2, 0.25) is 0 Å². The van der Waals surface area contributed by atoms with Crippen LogP contribution < -0.4 is 5.11 Å². The first-order chi connectivity index (χ1) is 20.6. The summed E-state index contributed by atoms with van der Waals surface area (Å²) >= 11 is 0. The third-order valence-electron chi connectivity index (χ3n) is 7.65. The average molecular weight is 612 g/mol. The predicted molar refractivity (Wildman–Crippen MR) is 171 cm³/mol. The topological polar surface area (TPSA) is 102 Å². The van der Waals surface area contributed by atoms with Gasteiger partial charge in [-0.1, -0.05) is 103 Å². The third-order valence-corrected chi connectivity index (χ3v) is 7.65. The lowest BCUT2D eigenvalue weighted by atomic mass is 10.1. The van der Waals surface area contributed by atoms with Crippen LogP contribution in [0.3, 0.4) is 0 Å². The highest BCUT2D eigenvalue weighted by Crippen LogP contribution is 2.13. The van der Waals surface area contributed by atoms with E-state index in [1.807, 2.05) is 0 Å². The minimum atomic E-state index is -1.13. The molecule has 252 valence electrons. The van der Waals surface area contributed by atoms with Crippen molar-refractivity contribution < 1.29 is 38.2 Å². The summed E-state index contributed by atoms with van der Waals surface area (Å²) in [5, 5.41) is 11.5. The van der Waals surface area contributed by atoms with Crippen LogP contribution in [0.15, 0.2) is 12.2 Å². The van der Waals surface area contributed by atoms with Gasteiger partial charge in [-0.05, 0) is 32.1 Å². The van der Waals surface area contributed by atoms with Crippen molar-refractivity contribution in [3.05, 3.63) is 12.2 Å². The summed E-state index contributed by atoms with van der Waals surface area (Å²) in [5.41, 5.74) is 0. The summed E-state index contributed by atoms with van der Waals surface area (Å²) in [7, 11) is 5.38.